The van der Waals surface area contributed by atoms with E-state index in [1.165, 1.54) is 16.9 Å². The third kappa shape index (κ3) is 4.60. The first kappa shape index (κ1) is 19.6. The Morgan fingerprint density at radius 1 is 1.33 bits per heavy atom. The van der Waals surface area contributed by atoms with E-state index in [-0.39, 0.29) is 24.3 Å². The number of carbonyl (C=O) groups is 2. The quantitative estimate of drug-likeness (QED) is 0.669. The minimum atomic E-state index is -0.223. The second-order valence-corrected chi connectivity index (χ2v) is 8.45. The van der Waals surface area contributed by atoms with Crippen molar-refractivity contribution in [2.24, 2.45) is 0 Å². The number of carbonyl (C=O) groups excluding carboxylic acids is 2. The maximum Gasteiger partial charge on any atom is 0.225 e. The van der Waals surface area contributed by atoms with E-state index in [2.05, 4.69) is 12.6 Å². The highest BCUT2D eigenvalue weighted by atomic mass is 35.5. The molecule has 2 amide bonds. The van der Waals surface area contributed by atoms with Gasteiger partial charge in [0.15, 0.2) is 0 Å². The molecular weight excluding hydrogens is 380 g/mol. The Kier molecular flexibility index (Phi) is 6.34. The van der Waals surface area contributed by atoms with Gasteiger partial charge in [-0.3, -0.25) is 9.59 Å². The van der Waals surface area contributed by atoms with E-state index in [0.29, 0.717) is 24.0 Å². The summed E-state index contributed by atoms with van der Waals surface area (Å²) in [5.74, 6) is 0.00925. The zero-order valence-corrected chi connectivity index (χ0v) is 16.9. The van der Waals surface area contributed by atoms with Crippen molar-refractivity contribution in [3.63, 3.8) is 0 Å². The summed E-state index contributed by atoms with van der Waals surface area (Å²) in [6, 6.07) is 11.6. The van der Waals surface area contributed by atoms with Gasteiger partial charge in [0, 0.05) is 24.9 Å². The molecule has 1 aromatic carbocycles. The lowest BCUT2D eigenvalue weighted by Gasteiger charge is -2.37. The molecule has 0 saturated carbocycles. The third-order valence-electron chi connectivity index (χ3n) is 4.86. The van der Waals surface area contributed by atoms with Crippen LogP contribution in [-0.4, -0.2) is 34.7 Å². The van der Waals surface area contributed by atoms with E-state index >= 15 is 0 Å². The first-order valence-electron chi connectivity index (χ1n) is 8.97. The average molecular weight is 403 g/mol. The summed E-state index contributed by atoms with van der Waals surface area (Å²) >= 11 is 7.49. The number of nitrogens with zero attached hydrogens (tertiary/aromatic N) is 2. The second kappa shape index (κ2) is 8.72. The van der Waals surface area contributed by atoms with Crippen LogP contribution in [0.1, 0.15) is 35.4 Å². The molecule has 1 aliphatic rings. The molecule has 1 aromatic heterocycles. The van der Waals surface area contributed by atoms with Crippen molar-refractivity contribution in [3.8, 4) is 0 Å². The van der Waals surface area contributed by atoms with Gasteiger partial charge in [-0.2, -0.15) is 0 Å². The molecule has 0 spiro atoms. The van der Waals surface area contributed by atoms with Crippen LogP contribution in [0.3, 0.4) is 0 Å². The number of rotatable bonds is 6. The molecule has 2 aromatic rings. The molecule has 0 bridgehead atoms. The van der Waals surface area contributed by atoms with Crippen LogP contribution in [0.5, 0.6) is 0 Å². The molecule has 4 nitrogen and oxygen atoms in total. The van der Waals surface area contributed by atoms with Crippen molar-refractivity contribution in [3.05, 3.63) is 69.4 Å². The highest BCUT2D eigenvalue weighted by Crippen LogP contribution is 2.33. The number of halogens is 1. The predicted octanol–water partition coefficient (Wildman–Crippen LogP) is 4.45. The lowest BCUT2D eigenvalue weighted by atomic mass is 9.90. The first-order chi connectivity index (χ1) is 13.0. The van der Waals surface area contributed by atoms with Gasteiger partial charge in [-0.25, -0.2) is 0 Å². The van der Waals surface area contributed by atoms with Crippen LogP contribution < -0.4 is 0 Å². The van der Waals surface area contributed by atoms with Gasteiger partial charge in [-0.05, 0) is 29.7 Å². The van der Waals surface area contributed by atoms with Crippen molar-refractivity contribution in [1.82, 2.24) is 9.80 Å². The van der Waals surface area contributed by atoms with E-state index in [4.69, 9.17) is 11.6 Å². The molecule has 27 heavy (non-hydrogen) atoms. The summed E-state index contributed by atoms with van der Waals surface area (Å²) in [4.78, 5) is 29.9. The van der Waals surface area contributed by atoms with Gasteiger partial charge in [-0.1, -0.05) is 41.9 Å². The summed E-state index contributed by atoms with van der Waals surface area (Å²) in [6.45, 7) is 6.95. The number of benzene rings is 1. The predicted molar refractivity (Wildman–Crippen MR) is 110 cm³/mol. The Morgan fingerprint density at radius 3 is 2.78 bits per heavy atom. The van der Waals surface area contributed by atoms with Crippen molar-refractivity contribution >= 4 is 34.8 Å². The molecule has 1 unspecified atom stereocenters. The summed E-state index contributed by atoms with van der Waals surface area (Å²) in [5, 5.41) is 0. The maximum atomic E-state index is 13.1. The fraction of sp³-hybridized carbons (Fsp3) is 0.333. The highest BCUT2D eigenvalue weighted by molar-refractivity contribution is 7.16. The minimum Gasteiger partial charge on any atom is -0.335 e. The zero-order valence-electron chi connectivity index (χ0n) is 15.4. The Labute approximate surface area is 169 Å². The fourth-order valence-corrected chi connectivity index (χ4v) is 4.68. The van der Waals surface area contributed by atoms with Crippen molar-refractivity contribution in [1.29, 1.82) is 0 Å². The Bertz CT molecular complexity index is 848. The lowest BCUT2D eigenvalue weighted by molar-refractivity contribution is -0.136. The van der Waals surface area contributed by atoms with Gasteiger partial charge in [-0.15, -0.1) is 17.9 Å². The van der Waals surface area contributed by atoms with Crippen molar-refractivity contribution in [2.75, 3.05) is 13.1 Å². The molecule has 2 heterocycles. The lowest BCUT2D eigenvalue weighted by Crippen LogP contribution is -2.42. The van der Waals surface area contributed by atoms with Crippen LogP contribution in [0.2, 0.25) is 4.34 Å². The molecule has 0 fully saturated rings. The largest absolute Gasteiger partial charge is 0.335 e. The summed E-state index contributed by atoms with van der Waals surface area (Å²) < 4.78 is 0.708. The molecule has 1 aliphatic heterocycles. The average Bonchev–Trinajstić information content (AvgIpc) is 3.06. The van der Waals surface area contributed by atoms with E-state index in [0.717, 1.165) is 16.9 Å². The Balaban J connectivity index is 1.82. The van der Waals surface area contributed by atoms with Crippen LogP contribution in [0, 0.1) is 0 Å². The first-order valence-corrected chi connectivity index (χ1v) is 10.2. The van der Waals surface area contributed by atoms with E-state index in [1.807, 2.05) is 35.2 Å². The summed E-state index contributed by atoms with van der Waals surface area (Å²) in [6.07, 6.45) is 2.82. The summed E-state index contributed by atoms with van der Waals surface area (Å²) in [7, 11) is 0. The molecule has 0 saturated heterocycles. The fourth-order valence-electron chi connectivity index (χ4n) is 3.58. The van der Waals surface area contributed by atoms with Gasteiger partial charge in [0.2, 0.25) is 11.8 Å². The van der Waals surface area contributed by atoms with Crippen molar-refractivity contribution in [2.45, 2.75) is 32.4 Å². The SMILES string of the molecule is C=CCN(Cc1ccc(Cl)s1)C(=O)CC1c2ccccc2CCN1C(C)=O. The second-order valence-electron chi connectivity index (χ2n) is 6.65. The smallest absolute Gasteiger partial charge is 0.225 e. The third-order valence-corrected chi connectivity index (χ3v) is 6.08. The van der Waals surface area contributed by atoms with E-state index < -0.39 is 0 Å². The molecule has 1 atom stereocenters. The van der Waals surface area contributed by atoms with Gasteiger partial charge in [0.1, 0.15) is 0 Å². The van der Waals surface area contributed by atoms with Gasteiger partial charge < -0.3 is 9.80 Å². The summed E-state index contributed by atoms with van der Waals surface area (Å²) in [5.41, 5.74) is 2.29. The number of fused-ring (bicyclic) bond motifs is 1. The number of hydrogen-bond donors (Lipinski definition) is 0. The maximum absolute atomic E-state index is 13.1. The molecule has 0 radical (unpaired) electrons. The van der Waals surface area contributed by atoms with Gasteiger partial charge in [0.05, 0.1) is 23.3 Å². The molecule has 0 aliphatic carbocycles. The van der Waals surface area contributed by atoms with Gasteiger partial charge >= 0.3 is 0 Å². The standard InChI is InChI=1S/C21H23ClN2O2S/c1-3-11-23(14-17-8-9-20(22)27-17)21(26)13-19-18-7-5-4-6-16(18)10-12-24(19)15(2)25/h3-9,19H,1,10-14H2,2H3. The number of hydrogen-bond acceptors (Lipinski definition) is 3. The van der Waals surface area contributed by atoms with Crippen molar-refractivity contribution < 1.29 is 9.59 Å². The molecule has 0 N–H and O–H groups in total. The van der Waals surface area contributed by atoms with Crippen LogP contribution in [0.25, 0.3) is 0 Å². The molecule has 142 valence electrons. The number of amides is 2. The molecule has 6 heteroatoms. The van der Waals surface area contributed by atoms with Gasteiger partial charge in [0.25, 0.3) is 0 Å². The normalized spacial score (nSPS) is 15.9. The Hall–Kier alpha value is -2.11. The molecular formula is C21H23ClN2O2S. The topological polar surface area (TPSA) is 40.6 Å². The highest BCUT2D eigenvalue weighted by Gasteiger charge is 2.31. The minimum absolute atomic E-state index is 0.00242. The van der Waals surface area contributed by atoms with Crippen LogP contribution in [0.15, 0.2) is 49.1 Å². The molecule has 3 rings (SSSR count). The van der Waals surface area contributed by atoms with Crippen LogP contribution >= 0.6 is 22.9 Å². The zero-order chi connectivity index (χ0) is 19.4. The Morgan fingerprint density at radius 2 is 2.11 bits per heavy atom. The van der Waals surface area contributed by atoms with E-state index in [1.54, 1.807) is 17.9 Å². The number of thiophene rings is 1. The van der Waals surface area contributed by atoms with Crippen LogP contribution in [0.4, 0.5) is 0 Å². The van der Waals surface area contributed by atoms with E-state index in [9.17, 15) is 9.59 Å². The monoisotopic (exact) mass is 402 g/mol. The van der Waals surface area contributed by atoms with Crippen LogP contribution in [-0.2, 0) is 22.6 Å².